The van der Waals surface area contributed by atoms with Crippen molar-refractivity contribution in [3.8, 4) is 0 Å². The van der Waals surface area contributed by atoms with E-state index in [-0.39, 0.29) is 5.92 Å². The molecule has 0 aliphatic carbocycles. The summed E-state index contributed by atoms with van der Waals surface area (Å²) in [7, 11) is 0. The van der Waals surface area contributed by atoms with Crippen LogP contribution in [0.1, 0.15) is 136 Å². The molecule has 0 fully saturated rings. The molecule has 2 heteroatoms. The van der Waals surface area contributed by atoms with E-state index in [1.54, 1.807) is 0 Å². The lowest BCUT2D eigenvalue weighted by Crippen LogP contribution is -2.12. The fourth-order valence-electron chi connectivity index (χ4n) is 3.82. The molecule has 0 aromatic heterocycles. The van der Waals surface area contributed by atoms with E-state index in [2.05, 4.69) is 13.8 Å². The second kappa shape index (κ2) is 19.2. The van der Waals surface area contributed by atoms with Crippen LogP contribution in [0.4, 0.5) is 0 Å². The molecule has 156 valence electrons. The minimum atomic E-state index is -0.629. The predicted octanol–water partition coefficient (Wildman–Crippen LogP) is 8.38. The standard InChI is InChI=1S/C24H48O2/c1-4-6-8-10-12-13-15-17-19-23(21-20-22(3)24(25)26)18-16-14-11-9-7-5-2/h22-23H,4-21H2,1-3H3,(H,25,26). The molecule has 26 heavy (non-hydrogen) atoms. The van der Waals surface area contributed by atoms with E-state index in [9.17, 15) is 4.79 Å². The Kier molecular flexibility index (Phi) is 18.8. The number of aliphatic carboxylic acids is 1. The Hall–Kier alpha value is -0.530. The van der Waals surface area contributed by atoms with E-state index in [1.807, 2.05) is 6.92 Å². The molecule has 0 aliphatic heterocycles. The minimum absolute atomic E-state index is 0.180. The molecule has 1 N–H and O–H groups in total. The molecule has 0 rings (SSSR count). The van der Waals surface area contributed by atoms with Crippen LogP contribution in [-0.2, 0) is 4.79 Å². The number of carboxylic acids is 1. The van der Waals surface area contributed by atoms with Crippen LogP contribution in [0, 0.1) is 11.8 Å². The molecule has 0 aromatic rings. The first kappa shape index (κ1) is 25.5. The van der Waals surface area contributed by atoms with Crippen LogP contribution in [0.5, 0.6) is 0 Å². The number of carbonyl (C=O) groups is 1. The maximum absolute atomic E-state index is 11.1. The number of hydrogen-bond acceptors (Lipinski definition) is 1. The summed E-state index contributed by atoms with van der Waals surface area (Å²) < 4.78 is 0. The second-order valence-electron chi connectivity index (χ2n) is 8.50. The monoisotopic (exact) mass is 368 g/mol. The van der Waals surface area contributed by atoms with Crippen LogP contribution in [-0.4, -0.2) is 11.1 Å². The number of rotatable bonds is 20. The normalized spacial score (nSPS) is 13.7. The fourth-order valence-corrected chi connectivity index (χ4v) is 3.82. The van der Waals surface area contributed by atoms with Gasteiger partial charge in [0.05, 0.1) is 5.92 Å². The van der Waals surface area contributed by atoms with Gasteiger partial charge in [-0.15, -0.1) is 0 Å². The molecule has 0 aliphatic rings. The molecular formula is C24H48O2. The molecule has 2 nitrogen and oxygen atoms in total. The van der Waals surface area contributed by atoms with Gasteiger partial charge in [0.25, 0.3) is 0 Å². The Balaban J connectivity index is 3.90. The number of carboxylic acid groups (broad SMARTS) is 1. The zero-order chi connectivity index (χ0) is 19.5. The van der Waals surface area contributed by atoms with E-state index in [4.69, 9.17) is 5.11 Å². The maximum Gasteiger partial charge on any atom is 0.306 e. The Morgan fingerprint density at radius 2 is 1.00 bits per heavy atom. The van der Waals surface area contributed by atoms with E-state index in [0.29, 0.717) is 0 Å². The number of unbranched alkanes of at least 4 members (excludes halogenated alkanes) is 12. The fraction of sp³-hybridized carbons (Fsp3) is 0.958. The lowest BCUT2D eigenvalue weighted by molar-refractivity contribution is -0.141. The highest BCUT2D eigenvalue weighted by atomic mass is 16.4. The van der Waals surface area contributed by atoms with Crippen molar-refractivity contribution in [3.05, 3.63) is 0 Å². The van der Waals surface area contributed by atoms with Gasteiger partial charge in [0.2, 0.25) is 0 Å². The van der Waals surface area contributed by atoms with Gasteiger partial charge in [0, 0.05) is 0 Å². The third kappa shape index (κ3) is 16.9. The molecule has 0 bridgehead atoms. The maximum atomic E-state index is 11.1. The Labute approximate surface area is 164 Å². The van der Waals surface area contributed by atoms with Crippen molar-refractivity contribution in [3.63, 3.8) is 0 Å². The highest BCUT2D eigenvalue weighted by Crippen LogP contribution is 2.25. The summed E-state index contributed by atoms with van der Waals surface area (Å²) in [6, 6.07) is 0. The van der Waals surface area contributed by atoms with Crippen LogP contribution in [0.2, 0.25) is 0 Å². The molecule has 0 saturated heterocycles. The van der Waals surface area contributed by atoms with Gasteiger partial charge in [-0.2, -0.15) is 0 Å². The van der Waals surface area contributed by atoms with Crippen molar-refractivity contribution < 1.29 is 9.90 Å². The number of hydrogen-bond donors (Lipinski definition) is 1. The van der Waals surface area contributed by atoms with Crippen LogP contribution in [0.25, 0.3) is 0 Å². The SMILES string of the molecule is CCCCCCCCCCC(CCCCCCCC)CCC(C)C(=O)O. The van der Waals surface area contributed by atoms with Gasteiger partial charge < -0.3 is 5.11 Å². The average molecular weight is 369 g/mol. The first-order valence-electron chi connectivity index (χ1n) is 11.8. The average Bonchev–Trinajstić information content (AvgIpc) is 2.63. The summed E-state index contributed by atoms with van der Waals surface area (Å²) in [6.45, 7) is 6.40. The largest absolute Gasteiger partial charge is 0.481 e. The zero-order valence-electron chi connectivity index (χ0n) is 18.2. The molecular weight excluding hydrogens is 320 g/mol. The van der Waals surface area contributed by atoms with Crippen LogP contribution < -0.4 is 0 Å². The lowest BCUT2D eigenvalue weighted by atomic mass is 9.88. The summed E-state index contributed by atoms with van der Waals surface area (Å²) in [5.74, 6) is -0.0564. The van der Waals surface area contributed by atoms with Gasteiger partial charge in [-0.05, 0) is 18.8 Å². The summed E-state index contributed by atoms with van der Waals surface area (Å²) in [5, 5.41) is 9.13. The highest BCUT2D eigenvalue weighted by Gasteiger charge is 2.15. The molecule has 0 saturated carbocycles. The van der Waals surface area contributed by atoms with Gasteiger partial charge in [-0.1, -0.05) is 124 Å². The van der Waals surface area contributed by atoms with Crippen molar-refractivity contribution in [2.24, 2.45) is 11.8 Å². The van der Waals surface area contributed by atoms with Gasteiger partial charge in [0.1, 0.15) is 0 Å². The van der Waals surface area contributed by atoms with Gasteiger partial charge >= 0.3 is 5.97 Å². The molecule has 0 aromatic carbocycles. The molecule has 0 radical (unpaired) electrons. The summed E-state index contributed by atoms with van der Waals surface area (Å²) in [6.07, 6.45) is 23.8. The topological polar surface area (TPSA) is 37.3 Å². The molecule has 0 heterocycles. The first-order chi connectivity index (χ1) is 12.6. The first-order valence-corrected chi connectivity index (χ1v) is 11.8. The van der Waals surface area contributed by atoms with Crippen molar-refractivity contribution in [2.45, 2.75) is 136 Å². The van der Waals surface area contributed by atoms with Crippen molar-refractivity contribution in [1.29, 1.82) is 0 Å². The van der Waals surface area contributed by atoms with Crippen LogP contribution in [0.3, 0.4) is 0 Å². The highest BCUT2D eigenvalue weighted by molar-refractivity contribution is 5.69. The summed E-state index contributed by atoms with van der Waals surface area (Å²) in [5.41, 5.74) is 0. The van der Waals surface area contributed by atoms with Crippen molar-refractivity contribution in [2.75, 3.05) is 0 Å². The summed E-state index contributed by atoms with van der Waals surface area (Å²) >= 11 is 0. The van der Waals surface area contributed by atoms with Crippen LogP contribution >= 0.6 is 0 Å². The lowest BCUT2D eigenvalue weighted by Gasteiger charge is -2.18. The van der Waals surface area contributed by atoms with E-state index in [0.717, 1.165) is 18.8 Å². The third-order valence-electron chi connectivity index (χ3n) is 5.86. The summed E-state index contributed by atoms with van der Waals surface area (Å²) in [4.78, 5) is 11.1. The van der Waals surface area contributed by atoms with Crippen molar-refractivity contribution >= 4 is 5.97 Å². The third-order valence-corrected chi connectivity index (χ3v) is 5.86. The Morgan fingerprint density at radius 3 is 1.38 bits per heavy atom. The molecule has 0 spiro atoms. The molecule has 2 unspecified atom stereocenters. The van der Waals surface area contributed by atoms with Crippen molar-refractivity contribution in [1.82, 2.24) is 0 Å². The quantitative estimate of drug-likeness (QED) is 0.219. The molecule has 2 atom stereocenters. The molecule has 0 amide bonds. The Morgan fingerprint density at radius 1 is 0.615 bits per heavy atom. The minimum Gasteiger partial charge on any atom is -0.481 e. The van der Waals surface area contributed by atoms with Gasteiger partial charge in [0.15, 0.2) is 0 Å². The Bertz CT molecular complexity index is 301. The second-order valence-corrected chi connectivity index (χ2v) is 8.50. The van der Waals surface area contributed by atoms with E-state index < -0.39 is 5.97 Å². The van der Waals surface area contributed by atoms with Crippen LogP contribution in [0.15, 0.2) is 0 Å². The van der Waals surface area contributed by atoms with Gasteiger partial charge in [-0.25, -0.2) is 0 Å². The zero-order valence-corrected chi connectivity index (χ0v) is 18.2. The van der Waals surface area contributed by atoms with E-state index in [1.165, 1.54) is 103 Å². The van der Waals surface area contributed by atoms with Gasteiger partial charge in [-0.3, -0.25) is 4.79 Å². The smallest absolute Gasteiger partial charge is 0.306 e. The van der Waals surface area contributed by atoms with E-state index >= 15 is 0 Å². The predicted molar refractivity (Wildman–Crippen MR) is 115 cm³/mol.